The van der Waals surface area contributed by atoms with E-state index in [1.54, 1.807) is 0 Å². The molecular weight excluding hydrogens is 318 g/mol. The molecule has 0 saturated heterocycles. The molecule has 0 fully saturated rings. The highest BCUT2D eigenvalue weighted by Gasteiger charge is 2.28. The highest BCUT2D eigenvalue weighted by molar-refractivity contribution is 6.30. The topological polar surface area (TPSA) is 29.1 Å². The Morgan fingerprint density at radius 3 is 2.54 bits per heavy atom. The van der Waals surface area contributed by atoms with Crippen molar-refractivity contribution < 1.29 is 4.79 Å². The molecule has 1 aliphatic carbocycles. The molecule has 2 aromatic carbocycles. The van der Waals surface area contributed by atoms with Crippen molar-refractivity contribution >= 4 is 17.5 Å². The predicted octanol–water partition coefficient (Wildman–Crippen LogP) is 5.27. The lowest BCUT2D eigenvalue weighted by molar-refractivity contribution is -0.124. The molecule has 126 valence electrons. The normalized spacial score (nSPS) is 18.1. The van der Waals surface area contributed by atoms with E-state index in [4.69, 9.17) is 11.6 Å². The van der Waals surface area contributed by atoms with Gasteiger partial charge in [-0.2, -0.15) is 0 Å². The van der Waals surface area contributed by atoms with Gasteiger partial charge in [-0.15, -0.1) is 0 Å². The van der Waals surface area contributed by atoms with E-state index < -0.39 is 0 Å². The van der Waals surface area contributed by atoms with E-state index in [-0.39, 0.29) is 23.8 Å². The quantitative estimate of drug-likeness (QED) is 0.806. The van der Waals surface area contributed by atoms with Crippen LogP contribution in [-0.2, 0) is 11.2 Å². The van der Waals surface area contributed by atoms with E-state index in [0.717, 1.165) is 24.8 Å². The maximum Gasteiger partial charge on any atom is 0.228 e. The molecular formula is C21H24ClNO. The summed E-state index contributed by atoms with van der Waals surface area (Å²) >= 11 is 5.99. The number of carbonyl (C=O) groups excluding carboxylic acids is 1. The van der Waals surface area contributed by atoms with Gasteiger partial charge in [0.05, 0.1) is 12.0 Å². The van der Waals surface area contributed by atoms with Crippen molar-refractivity contribution in [2.24, 2.45) is 5.92 Å². The molecule has 3 rings (SSSR count). The number of carbonyl (C=O) groups is 1. The third kappa shape index (κ3) is 3.64. The SMILES string of the molecule is CC(C)[C@H](C(=O)N[C@H]1CCCc2ccccc21)c1ccc(Cl)cc1. The lowest BCUT2D eigenvalue weighted by atomic mass is 9.85. The van der Waals surface area contributed by atoms with Gasteiger partial charge in [0.25, 0.3) is 0 Å². The van der Waals surface area contributed by atoms with Crippen LogP contribution in [-0.4, -0.2) is 5.91 Å². The zero-order valence-electron chi connectivity index (χ0n) is 14.3. The molecule has 0 unspecified atom stereocenters. The minimum absolute atomic E-state index is 0.106. The van der Waals surface area contributed by atoms with Crippen molar-refractivity contribution in [3.8, 4) is 0 Å². The summed E-state index contributed by atoms with van der Waals surface area (Å²) in [6.45, 7) is 4.18. The molecule has 1 N–H and O–H groups in total. The second-order valence-corrected chi connectivity index (χ2v) is 7.36. The molecule has 0 aliphatic heterocycles. The summed E-state index contributed by atoms with van der Waals surface area (Å²) in [6.07, 6.45) is 3.23. The lowest BCUT2D eigenvalue weighted by Gasteiger charge is -2.29. The fourth-order valence-electron chi connectivity index (χ4n) is 3.67. The van der Waals surface area contributed by atoms with Crippen LogP contribution in [0.3, 0.4) is 0 Å². The van der Waals surface area contributed by atoms with Crippen LogP contribution in [0.15, 0.2) is 48.5 Å². The third-order valence-corrected chi connectivity index (χ3v) is 5.12. The minimum atomic E-state index is -0.156. The molecule has 2 atom stereocenters. The largest absolute Gasteiger partial charge is 0.349 e. The van der Waals surface area contributed by atoms with Crippen LogP contribution in [0.5, 0.6) is 0 Å². The van der Waals surface area contributed by atoms with Gasteiger partial charge >= 0.3 is 0 Å². The fraction of sp³-hybridized carbons (Fsp3) is 0.381. The Morgan fingerprint density at radius 2 is 1.83 bits per heavy atom. The van der Waals surface area contributed by atoms with Crippen molar-refractivity contribution in [3.63, 3.8) is 0 Å². The number of aryl methyl sites for hydroxylation is 1. The van der Waals surface area contributed by atoms with Crippen LogP contribution in [0, 0.1) is 5.92 Å². The molecule has 0 spiro atoms. The summed E-state index contributed by atoms with van der Waals surface area (Å²) in [5, 5.41) is 3.99. The Labute approximate surface area is 149 Å². The van der Waals surface area contributed by atoms with Crippen LogP contribution in [0.25, 0.3) is 0 Å². The zero-order chi connectivity index (χ0) is 17.1. The molecule has 24 heavy (non-hydrogen) atoms. The Morgan fingerprint density at radius 1 is 1.12 bits per heavy atom. The number of hydrogen-bond donors (Lipinski definition) is 1. The standard InChI is InChI=1S/C21H24ClNO/c1-14(2)20(16-10-12-17(22)13-11-16)21(24)23-19-9-5-7-15-6-3-4-8-18(15)19/h3-4,6,8,10-14,19-20H,5,7,9H2,1-2H3,(H,23,24)/t19-,20-/m0/s1. The monoisotopic (exact) mass is 341 g/mol. The van der Waals surface area contributed by atoms with Gasteiger partial charge < -0.3 is 5.32 Å². The summed E-state index contributed by atoms with van der Waals surface area (Å²) in [5.41, 5.74) is 3.66. The smallest absolute Gasteiger partial charge is 0.228 e. The first-order valence-corrected chi connectivity index (χ1v) is 9.07. The van der Waals surface area contributed by atoms with Crippen molar-refractivity contribution in [3.05, 3.63) is 70.2 Å². The van der Waals surface area contributed by atoms with E-state index in [0.29, 0.717) is 5.02 Å². The van der Waals surface area contributed by atoms with Gasteiger partial charge in [-0.1, -0.05) is 61.8 Å². The van der Waals surface area contributed by atoms with Crippen molar-refractivity contribution in [1.82, 2.24) is 5.32 Å². The Hall–Kier alpha value is -1.80. The highest BCUT2D eigenvalue weighted by atomic mass is 35.5. The van der Waals surface area contributed by atoms with Crippen molar-refractivity contribution in [1.29, 1.82) is 0 Å². The lowest BCUT2D eigenvalue weighted by Crippen LogP contribution is -2.36. The highest BCUT2D eigenvalue weighted by Crippen LogP contribution is 2.32. The number of rotatable bonds is 4. The number of amides is 1. The second-order valence-electron chi connectivity index (χ2n) is 6.93. The Bertz CT molecular complexity index is 708. The first kappa shape index (κ1) is 17.0. The Balaban J connectivity index is 1.81. The molecule has 0 saturated carbocycles. The summed E-state index contributed by atoms with van der Waals surface area (Å²) in [5.74, 6) is 0.176. The van der Waals surface area contributed by atoms with E-state index in [1.165, 1.54) is 11.1 Å². The summed E-state index contributed by atoms with van der Waals surface area (Å²) in [4.78, 5) is 13.0. The van der Waals surface area contributed by atoms with Crippen LogP contribution < -0.4 is 5.32 Å². The maximum atomic E-state index is 13.0. The number of fused-ring (bicyclic) bond motifs is 1. The Kier molecular flexibility index (Phi) is 5.25. The zero-order valence-corrected chi connectivity index (χ0v) is 15.0. The molecule has 0 radical (unpaired) electrons. The average molecular weight is 342 g/mol. The molecule has 0 aromatic heterocycles. The van der Waals surface area contributed by atoms with Crippen LogP contribution in [0.2, 0.25) is 5.02 Å². The average Bonchev–Trinajstić information content (AvgIpc) is 2.57. The summed E-state index contributed by atoms with van der Waals surface area (Å²) in [6, 6.07) is 16.2. The first-order valence-electron chi connectivity index (χ1n) is 8.70. The molecule has 1 aliphatic rings. The molecule has 2 aromatic rings. The molecule has 1 amide bonds. The van der Waals surface area contributed by atoms with E-state index in [9.17, 15) is 4.79 Å². The maximum absolute atomic E-state index is 13.0. The first-order chi connectivity index (χ1) is 11.6. The third-order valence-electron chi connectivity index (χ3n) is 4.86. The number of benzene rings is 2. The minimum Gasteiger partial charge on any atom is -0.349 e. The van der Waals surface area contributed by atoms with Crippen LogP contribution in [0.1, 0.15) is 55.3 Å². The van der Waals surface area contributed by atoms with Crippen LogP contribution in [0.4, 0.5) is 0 Å². The van der Waals surface area contributed by atoms with Gasteiger partial charge in [0.1, 0.15) is 0 Å². The molecule has 0 heterocycles. The van der Waals surface area contributed by atoms with Gasteiger partial charge in [-0.05, 0) is 54.0 Å². The molecule has 0 bridgehead atoms. The second kappa shape index (κ2) is 7.40. The van der Waals surface area contributed by atoms with Gasteiger partial charge in [0.2, 0.25) is 5.91 Å². The number of nitrogens with one attached hydrogen (secondary N) is 1. The number of halogens is 1. The fourth-order valence-corrected chi connectivity index (χ4v) is 3.80. The molecule has 2 nitrogen and oxygen atoms in total. The summed E-state index contributed by atoms with van der Waals surface area (Å²) < 4.78 is 0. The van der Waals surface area contributed by atoms with Gasteiger partial charge in [0, 0.05) is 5.02 Å². The molecule has 3 heteroatoms. The van der Waals surface area contributed by atoms with E-state index in [1.807, 2.05) is 24.3 Å². The van der Waals surface area contributed by atoms with E-state index >= 15 is 0 Å². The summed E-state index contributed by atoms with van der Waals surface area (Å²) in [7, 11) is 0. The predicted molar refractivity (Wildman–Crippen MR) is 99.3 cm³/mol. The van der Waals surface area contributed by atoms with Gasteiger partial charge in [-0.3, -0.25) is 4.79 Å². The van der Waals surface area contributed by atoms with Gasteiger partial charge in [0.15, 0.2) is 0 Å². The van der Waals surface area contributed by atoms with Gasteiger partial charge in [-0.25, -0.2) is 0 Å². The van der Waals surface area contributed by atoms with Crippen molar-refractivity contribution in [2.75, 3.05) is 0 Å². The van der Waals surface area contributed by atoms with Crippen molar-refractivity contribution in [2.45, 2.75) is 45.1 Å². The van der Waals surface area contributed by atoms with Crippen LogP contribution >= 0.6 is 11.6 Å². The number of hydrogen-bond acceptors (Lipinski definition) is 1. The van der Waals surface area contributed by atoms with E-state index in [2.05, 4.69) is 43.4 Å².